The van der Waals surface area contributed by atoms with Gasteiger partial charge in [-0.3, -0.25) is 0 Å². The average Bonchev–Trinajstić information content (AvgIpc) is 2.38. The number of aromatic nitrogens is 1. The van der Waals surface area contributed by atoms with E-state index < -0.39 is 0 Å². The Kier molecular flexibility index (Phi) is 4.15. The monoisotopic (exact) mass is 263 g/mol. The lowest BCUT2D eigenvalue weighted by atomic mass is 10.1. The second-order valence-corrected chi connectivity index (χ2v) is 4.42. The summed E-state index contributed by atoms with van der Waals surface area (Å²) < 4.78 is 5.16. The van der Waals surface area contributed by atoms with Crippen LogP contribution in [0.15, 0.2) is 30.3 Å². The number of halogens is 1. The Bertz CT molecular complexity index is 569. The summed E-state index contributed by atoms with van der Waals surface area (Å²) in [5, 5.41) is 1.32. The van der Waals surface area contributed by atoms with Gasteiger partial charge in [0.2, 0.25) is 0 Å². The van der Waals surface area contributed by atoms with Gasteiger partial charge in [0.1, 0.15) is 5.15 Å². The van der Waals surface area contributed by atoms with Gasteiger partial charge in [-0.1, -0.05) is 24.9 Å². The van der Waals surface area contributed by atoms with E-state index in [9.17, 15) is 4.79 Å². The Morgan fingerprint density at radius 2 is 2.17 bits per heavy atom. The molecule has 1 heterocycles. The molecule has 0 amide bonds. The van der Waals surface area contributed by atoms with Crippen molar-refractivity contribution in [2.75, 3.05) is 6.61 Å². The van der Waals surface area contributed by atoms with E-state index >= 15 is 0 Å². The predicted molar refractivity (Wildman–Crippen MR) is 71.9 cm³/mol. The molecule has 2 rings (SSSR count). The lowest BCUT2D eigenvalue weighted by molar-refractivity contribution is 0.0500. The molecule has 94 valence electrons. The highest BCUT2D eigenvalue weighted by Gasteiger charge is 2.08. The first-order valence-corrected chi connectivity index (χ1v) is 6.32. The van der Waals surface area contributed by atoms with Gasteiger partial charge >= 0.3 is 5.97 Å². The van der Waals surface area contributed by atoms with Crippen LogP contribution < -0.4 is 0 Å². The molecule has 1 aromatic heterocycles. The number of fused-ring (bicyclic) bond motifs is 1. The van der Waals surface area contributed by atoms with Gasteiger partial charge in [0.05, 0.1) is 17.7 Å². The third kappa shape index (κ3) is 2.99. The predicted octanol–water partition coefficient (Wildman–Crippen LogP) is 3.85. The average molecular weight is 264 g/mol. The van der Waals surface area contributed by atoms with Gasteiger partial charge in [0, 0.05) is 5.39 Å². The first-order chi connectivity index (χ1) is 8.70. The fraction of sp³-hybridized carbons (Fsp3) is 0.286. The molecule has 3 nitrogen and oxygen atoms in total. The zero-order chi connectivity index (χ0) is 13.0. The van der Waals surface area contributed by atoms with E-state index in [4.69, 9.17) is 16.3 Å². The van der Waals surface area contributed by atoms with Gasteiger partial charge in [-0.15, -0.1) is 0 Å². The molecule has 4 heteroatoms. The van der Waals surface area contributed by atoms with Gasteiger partial charge in [-0.25, -0.2) is 9.78 Å². The number of nitrogens with zero attached hydrogens (tertiary/aromatic N) is 1. The number of hydrogen-bond donors (Lipinski definition) is 0. The van der Waals surface area contributed by atoms with Crippen molar-refractivity contribution >= 4 is 28.5 Å². The molecule has 0 saturated heterocycles. The normalized spacial score (nSPS) is 10.6. The number of ether oxygens (including phenoxy) is 1. The van der Waals surface area contributed by atoms with Crippen LogP contribution in [-0.4, -0.2) is 17.6 Å². The maximum absolute atomic E-state index is 11.8. The van der Waals surface area contributed by atoms with E-state index in [1.165, 1.54) is 0 Å². The van der Waals surface area contributed by atoms with Gasteiger partial charge in [-0.2, -0.15) is 0 Å². The number of hydrogen-bond acceptors (Lipinski definition) is 3. The zero-order valence-corrected chi connectivity index (χ0v) is 10.9. The molecule has 0 radical (unpaired) electrons. The molecule has 0 aliphatic heterocycles. The van der Waals surface area contributed by atoms with Crippen LogP contribution in [0.5, 0.6) is 0 Å². The van der Waals surface area contributed by atoms with Crippen molar-refractivity contribution < 1.29 is 9.53 Å². The number of unbranched alkanes of at least 4 members (excludes halogenated alkanes) is 1. The Morgan fingerprint density at radius 3 is 2.94 bits per heavy atom. The topological polar surface area (TPSA) is 39.2 Å². The Hall–Kier alpha value is -1.61. The molecule has 0 fully saturated rings. The summed E-state index contributed by atoms with van der Waals surface area (Å²) in [6.45, 7) is 2.52. The SMILES string of the molecule is CCCCOC(=O)c1ccc2nc(Cl)ccc2c1. The molecule has 18 heavy (non-hydrogen) atoms. The number of carbonyl (C=O) groups is 1. The number of rotatable bonds is 4. The third-order valence-electron chi connectivity index (χ3n) is 2.62. The number of esters is 1. The van der Waals surface area contributed by atoms with Crippen molar-refractivity contribution in [2.45, 2.75) is 19.8 Å². The van der Waals surface area contributed by atoms with Gasteiger partial charge < -0.3 is 4.74 Å². The van der Waals surface area contributed by atoms with E-state index in [2.05, 4.69) is 11.9 Å². The van der Waals surface area contributed by atoms with Crippen molar-refractivity contribution in [2.24, 2.45) is 0 Å². The van der Waals surface area contributed by atoms with Gasteiger partial charge in [0.15, 0.2) is 0 Å². The van der Waals surface area contributed by atoms with Crippen LogP contribution in [0.1, 0.15) is 30.1 Å². The van der Waals surface area contributed by atoms with Crippen LogP contribution >= 0.6 is 11.6 Å². The van der Waals surface area contributed by atoms with Crippen molar-refractivity contribution in [1.82, 2.24) is 4.98 Å². The molecule has 2 aromatic rings. The number of carbonyl (C=O) groups excluding carboxylic acids is 1. The highest BCUT2D eigenvalue weighted by molar-refractivity contribution is 6.29. The number of pyridine rings is 1. The summed E-state index contributed by atoms with van der Waals surface area (Å²) >= 11 is 5.80. The maximum Gasteiger partial charge on any atom is 0.338 e. The van der Waals surface area contributed by atoms with Crippen molar-refractivity contribution in [1.29, 1.82) is 0 Å². The molecule has 0 aliphatic rings. The Morgan fingerprint density at radius 1 is 1.33 bits per heavy atom. The molecule has 0 aliphatic carbocycles. The Balaban J connectivity index is 2.19. The summed E-state index contributed by atoms with van der Waals surface area (Å²) in [5.41, 5.74) is 1.32. The molecule has 0 saturated carbocycles. The first kappa shape index (κ1) is 12.8. The zero-order valence-electron chi connectivity index (χ0n) is 10.1. The van der Waals surface area contributed by atoms with Crippen LogP contribution in [0, 0.1) is 0 Å². The van der Waals surface area contributed by atoms with Crippen LogP contribution in [-0.2, 0) is 4.74 Å². The third-order valence-corrected chi connectivity index (χ3v) is 2.83. The minimum absolute atomic E-state index is 0.291. The minimum atomic E-state index is -0.291. The fourth-order valence-corrected chi connectivity index (χ4v) is 1.77. The summed E-state index contributed by atoms with van der Waals surface area (Å²) in [5.74, 6) is -0.291. The molecule has 0 unspecified atom stereocenters. The second kappa shape index (κ2) is 5.83. The lowest BCUT2D eigenvalue weighted by Crippen LogP contribution is -2.06. The van der Waals surface area contributed by atoms with E-state index in [0.29, 0.717) is 17.3 Å². The Labute approximate surface area is 111 Å². The summed E-state index contributed by atoms with van der Waals surface area (Å²) in [6, 6.07) is 8.80. The quantitative estimate of drug-likeness (QED) is 0.478. The molecule has 0 bridgehead atoms. The van der Waals surface area contributed by atoms with E-state index in [-0.39, 0.29) is 5.97 Å². The molecule has 0 atom stereocenters. The van der Waals surface area contributed by atoms with Crippen molar-refractivity contribution in [3.05, 3.63) is 41.0 Å². The standard InChI is InChI=1S/C14H14ClNO2/c1-2-3-8-18-14(17)11-4-6-12-10(9-11)5-7-13(15)16-12/h4-7,9H,2-3,8H2,1H3. The first-order valence-electron chi connectivity index (χ1n) is 5.94. The summed E-state index contributed by atoms with van der Waals surface area (Å²) in [4.78, 5) is 15.9. The van der Waals surface area contributed by atoms with Crippen molar-refractivity contribution in [3.8, 4) is 0 Å². The van der Waals surface area contributed by atoms with E-state index in [1.54, 1.807) is 24.3 Å². The minimum Gasteiger partial charge on any atom is -0.462 e. The largest absolute Gasteiger partial charge is 0.462 e. The van der Waals surface area contributed by atoms with E-state index in [0.717, 1.165) is 23.7 Å². The van der Waals surface area contributed by atoms with Crippen LogP contribution in [0.4, 0.5) is 0 Å². The lowest BCUT2D eigenvalue weighted by Gasteiger charge is -2.05. The maximum atomic E-state index is 11.8. The van der Waals surface area contributed by atoms with E-state index in [1.807, 2.05) is 6.07 Å². The van der Waals surface area contributed by atoms with Crippen LogP contribution in [0.2, 0.25) is 5.15 Å². The van der Waals surface area contributed by atoms with Gasteiger partial charge in [-0.05, 0) is 36.8 Å². The van der Waals surface area contributed by atoms with Crippen LogP contribution in [0.3, 0.4) is 0 Å². The molecule has 0 spiro atoms. The smallest absolute Gasteiger partial charge is 0.338 e. The molecule has 1 aromatic carbocycles. The van der Waals surface area contributed by atoms with Crippen LogP contribution in [0.25, 0.3) is 10.9 Å². The summed E-state index contributed by atoms with van der Waals surface area (Å²) in [6.07, 6.45) is 1.89. The number of benzene rings is 1. The molecular formula is C14H14ClNO2. The highest BCUT2D eigenvalue weighted by Crippen LogP contribution is 2.17. The summed E-state index contributed by atoms with van der Waals surface area (Å²) in [7, 11) is 0. The fourth-order valence-electron chi connectivity index (χ4n) is 1.62. The van der Waals surface area contributed by atoms with Crippen molar-refractivity contribution in [3.63, 3.8) is 0 Å². The van der Waals surface area contributed by atoms with Gasteiger partial charge in [0.25, 0.3) is 0 Å². The molecule has 0 N–H and O–H groups in total. The molecular weight excluding hydrogens is 250 g/mol. The highest BCUT2D eigenvalue weighted by atomic mass is 35.5. The second-order valence-electron chi connectivity index (χ2n) is 4.03.